The molecule has 3 N–H and O–H groups in total. The third-order valence-corrected chi connectivity index (χ3v) is 3.06. The van der Waals surface area contributed by atoms with Gasteiger partial charge in [0.2, 0.25) is 5.91 Å². The highest BCUT2D eigenvalue weighted by molar-refractivity contribution is 6.30. The lowest BCUT2D eigenvalue weighted by molar-refractivity contribution is -0.123. The summed E-state index contributed by atoms with van der Waals surface area (Å²) in [6, 6.07) is 7.64. The van der Waals surface area contributed by atoms with Crippen LogP contribution in [0, 0.1) is 0 Å². The summed E-state index contributed by atoms with van der Waals surface area (Å²) in [5, 5.41) is 3.57. The number of amides is 1. The van der Waals surface area contributed by atoms with Gasteiger partial charge in [-0.05, 0) is 37.0 Å². The molecule has 0 heterocycles. The fraction of sp³-hybridized carbons (Fsp3) is 0.417. The van der Waals surface area contributed by atoms with E-state index >= 15 is 0 Å². The summed E-state index contributed by atoms with van der Waals surface area (Å²) in [6.45, 7) is 0.609. The van der Waals surface area contributed by atoms with E-state index < -0.39 is 5.54 Å². The summed E-state index contributed by atoms with van der Waals surface area (Å²) >= 11 is 5.86. The molecule has 86 valence electrons. The lowest BCUT2D eigenvalue weighted by Gasteiger charge is -2.09. The molecule has 16 heavy (non-hydrogen) atoms. The molecular formula is C12H15ClN2O. The third kappa shape index (κ3) is 2.74. The van der Waals surface area contributed by atoms with Gasteiger partial charge in [0.1, 0.15) is 0 Å². The van der Waals surface area contributed by atoms with Crippen LogP contribution < -0.4 is 11.1 Å². The summed E-state index contributed by atoms with van der Waals surface area (Å²) in [7, 11) is 0. The van der Waals surface area contributed by atoms with Crippen molar-refractivity contribution in [2.24, 2.45) is 5.73 Å². The minimum absolute atomic E-state index is 0.0328. The number of nitrogens with two attached hydrogens (primary N) is 1. The van der Waals surface area contributed by atoms with Gasteiger partial charge < -0.3 is 11.1 Å². The van der Waals surface area contributed by atoms with Gasteiger partial charge in [-0.25, -0.2) is 0 Å². The fourth-order valence-corrected chi connectivity index (χ4v) is 1.76. The Kier molecular flexibility index (Phi) is 3.17. The summed E-state index contributed by atoms with van der Waals surface area (Å²) in [6.07, 6.45) is 2.38. The first-order chi connectivity index (χ1) is 7.60. The quantitative estimate of drug-likeness (QED) is 0.835. The Bertz CT molecular complexity index is 402. The van der Waals surface area contributed by atoms with Gasteiger partial charge in [-0.3, -0.25) is 4.79 Å². The maximum atomic E-state index is 11.5. The van der Waals surface area contributed by atoms with Gasteiger partial charge in [-0.1, -0.05) is 23.7 Å². The molecule has 1 amide bonds. The molecule has 0 unspecified atom stereocenters. The van der Waals surface area contributed by atoms with Crippen molar-refractivity contribution in [3.63, 3.8) is 0 Å². The van der Waals surface area contributed by atoms with Crippen LogP contribution in [0.1, 0.15) is 18.4 Å². The number of hydrogen-bond acceptors (Lipinski definition) is 2. The van der Waals surface area contributed by atoms with Crippen LogP contribution in [0.4, 0.5) is 0 Å². The van der Waals surface area contributed by atoms with E-state index in [1.54, 1.807) is 0 Å². The Balaban J connectivity index is 1.78. The number of nitrogens with one attached hydrogen (secondary N) is 1. The van der Waals surface area contributed by atoms with Gasteiger partial charge in [0, 0.05) is 11.6 Å². The van der Waals surface area contributed by atoms with Crippen LogP contribution in [0.5, 0.6) is 0 Å². The van der Waals surface area contributed by atoms with Crippen molar-refractivity contribution in [2.75, 3.05) is 6.54 Å². The van der Waals surface area contributed by atoms with E-state index in [0.717, 1.165) is 29.8 Å². The zero-order valence-electron chi connectivity index (χ0n) is 9.00. The van der Waals surface area contributed by atoms with E-state index in [2.05, 4.69) is 5.32 Å². The monoisotopic (exact) mass is 238 g/mol. The molecule has 0 radical (unpaired) electrons. The largest absolute Gasteiger partial charge is 0.354 e. The maximum absolute atomic E-state index is 11.5. The van der Waals surface area contributed by atoms with Crippen LogP contribution in [0.15, 0.2) is 24.3 Å². The molecule has 0 bridgehead atoms. The highest BCUT2D eigenvalue weighted by atomic mass is 35.5. The molecule has 3 nitrogen and oxygen atoms in total. The number of benzene rings is 1. The molecule has 0 atom stereocenters. The second kappa shape index (κ2) is 4.44. The smallest absolute Gasteiger partial charge is 0.240 e. The molecule has 1 aromatic carbocycles. The second-order valence-corrected chi connectivity index (χ2v) is 4.73. The van der Waals surface area contributed by atoms with E-state index in [0.29, 0.717) is 6.54 Å². The number of halogens is 1. The summed E-state index contributed by atoms with van der Waals surface area (Å²) in [5.41, 5.74) is 6.31. The van der Waals surface area contributed by atoms with Crippen molar-refractivity contribution in [1.29, 1.82) is 0 Å². The first kappa shape index (κ1) is 11.4. The molecule has 0 saturated heterocycles. The number of carbonyl (C=O) groups excluding carboxylic acids is 1. The molecule has 0 aliphatic heterocycles. The van der Waals surface area contributed by atoms with E-state index in [1.807, 2.05) is 24.3 Å². The molecule has 0 aromatic heterocycles. The lowest BCUT2D eigenvalue weighted by Crippen LogP contribution is -2.43. The van der Waals surface area contributed by atoms with Gasteiger partial charge in [0.15, 0.2) is 0 Å². The van der Waals surface area contributed by atoms with Crippen LogP contribution in [0.25, 0.3) is 0 Å². The van der Waals surface area contributed by atoms with Crippen molar-refractivity contribution < 1.29 is 4.79 Å². The third-order valence-electron chi connectivity index (χ3n) is 2.83. The molecule has 1 aromatic rings. The zero-order chi connectivity index (χ0) is 11.6. The Morgan fingerprint density at radius 1 is 1.50 bits per heavy atom. The van der Waals surface area contributed by atoms with Crippen molar-refractivity contribution >= 4 is 17.5 Å². The SMILES string of the molecule is NC1(C(=O)NCCc2cccc(Cl)c2)CC1. The molecule has 1 fully saturated rings. The topological polar surface area (TPSA) is 55.1 Å². The van der Waals surface area contributed by atoms with Crippen LogP contribution in [-0.4, -0.2) is 18.0 Å². The minimum atomic E-state index is -0.575. The van der Waals surface area contributed by atoms with Crippen molar-refractivity contribution in [3.05, 3.63) is 34.9 Å². The molecule has 2 rings (SSSR count). The predicted octanol–water partition coefficient (Wildman–Crippen LogP) is 1.49. The molecule has 1 saturated carbocycles. The molecule has 0 spiro atoms. The molecule has 4 heteroatoms. The van der Waals surface area contributed by atoms with Crippen molar-refractivity contribution in [1.82, 2.24) is 5.32 Å². The Labute approximate surface area is 100.0 Å². The van der Waals surface area contributed by atoms with Gasteiger partial charge in [0.05, 0.1) is 5.54 Å². The standard InChI is InChI=1S/C12H15ClN2O/c13-10-3-1-2-9(8-10)4-7-15-11(16)12(14)5-6-12/h1-3,8H,4-7,14H2,(H,15,16). The van der Waals surface area contributed by atoms with Crippen LogP contribution in [-0.2, 0) is 11.2 Å². The summed E-state index contributed by atoms with van der Waals surface area (Å²) in [5.74, 6) is -0.0328. The highest BCUT2D eigenvalue weighted by Crippen LogP contribution is 2.31. The average molecular weight is 239 g/mol. The van der Waals surface area contributed by atoms with E-state index in [1.165, 1.54) is 0 Å². The fourth-order valence-electron chi connectivity index (χ4n) is 1.55. The Hall–Kier alpha value is -1.06. The maximum Gasteiger partial charge on any atom is 0.240 e. The molecule has 1 aliphatic carbocycles. The normalized spacial score (nSPS) is 16.9. The van der Waals surface area contributed by atoms with Crippen molar-refractivity contribution in [2.45, 2.75) is 24.8 Å². The van der Waals surface area contributed by atoms with Gasteiger partial charge in [-0.15, -0.1) is 0 Å². The first-order valence-corrected chi connectivity index (χ1v) is 5.80. The highest BCUT2D eigenvalue weighted by Gasteiger charge is 2.45. The van der Waals surface area contributed by atoms with Crippen LogP contribution in [0.2, 0.25) is 5.02 Å². The van der Waals surface area contributed by atoms with Crippen molar-refractivity contribution in [3.8, 4) is 0 Å². The zero-order valence-corrected chi connectivity index (χ0v) is 9.76. The van der Waals surface area contributed by atoms with Gasteiger partial charge in [-0.2, -0.15) is 0 Å². The number of rotatable bonds is 4. The number of hydrogen-bond donors (Lipinski definition) is 2. The average Bonchev–Trinajstić information content (AvgIpc) is 2.98. The number of carbonyl (C=O) groups is 1. The molecular weight excluding hydrogens is 224 g/mol. The van der Waals surface area contributed by atoms with E-state index in [4.69, 9.17) is 17.3 Å². The van der Waals surface area contributed by atoms with Gasteiger partial charge >= 0.3 is 0 Å². The van der Waals surface area contributed by atoms with E-state index in [-0.39, 0.29) is 5.91 Å². The summed E-state index contributed by atoms with van der Waals surface area (Å²) in [4.78, 5) is 11.5. The molecule has 1 aliphatic rings. The first-order valence-electron chi connectivity index (χ1n) is 5.42. The summed E-state index contributed by atoms with van der Waals surface area (Å²) < 4.78 is 0. The Morgan fingerprint density at radius 2 is 2.25 bits per heavy atom. The second-order valence-electron chi connectivity index (χ2n) is 4.29. The van der Waals surface area contributed by atoms with E-state index in [9.17, 15) is 4.79 Å². The lowest BCUT2D eigenvalue weighted by atomic mass is 10.1. The van der Waals surface area contributed by atoms with Crippen LogP contribution in [0.3, 0.4) is 0 Å². The van der Waals surface area contributed by atoms with Gasteiger partial charge in [0.25, 0.3) is 0 Å². The minimum Gasteiger partial charge on any atom is -0.354 e. The predicted molar refractivity (Wildman–Crippen MR) is 64.3 cm³/mol. The van der Waals surface area contributed by atoms with Crippen LogP contribution >= 0.6 is 11.6 Å². The Morgan fingerprint density at radius 3 is 2.88 bits per heavy atom.